The minimum Gasteiger partial charge on any atom is -0.485 e. The van der Waals surface area contributed by atoms with Crippen molar-refractivity contribution in [2.24, 2.45) is 5.92 Å². The van der Waals surface area contributed by atoms with Crippen LogP contribution in [0.25, 0.3) is 0 Å². The molecular formula is C32H34N2O8. The van der Waals surface area contributed by atoms with E-state index in [0.29, 0.717) is 54.5 Å². The van der Waals surface area contributed by atoms with E-state index in [4.69, 9.17) is 18.6 Å². The van der Waals surface area contributed by atoms with Crippen molar-refractivity contribution in [2.45, 2.75) is 39.7 Å². The van der Waals surface area contributed by atoms with Gasteiger partial charge in [0.05, 0.1) is 24.8 Å². The first kappa shape index (κ1) is 28.9. The fourth-order valence-electron chi connectivity index (χ4n) is 5.14. The lowest BCUT2D eigenvalue weighted by Gasteiger charge is -2.31. The fourth-order valence-corrected chi connectivity index (χ4v) is 5.14. The Bertz CT molecular complexity index is 1480. The lowest BCUT2D eigenvalue weighted by Crippen LogP contribution is -2.42. The molecule has 220 valence electrons. The zero-order valence-corrected chi connectivity index (χ0v) is 23.8. The van der Waals surface area contributed by atoms with Crippen LogP contribution < -0.4 is 14.4 Å². The van der Waals surface area contributed by atoms with Crippen LogP contribution in [0.5, 0.6) is 11.5 Å². The number of aryl methyl sites for hydroxylation is 1. The number of benzene rings is 2. The molecule has 0 N–H and O–H groups in total. The van der Waals surface area contributed by atoms with Crippen molar-refractivity contribution >= 4 is 29.3 Å². The quantitative estimate of drug-likeness (QED) is 0.258. The van der Waals surface area contributed by atoms with Crippen molar-refractivity contribution in [3.63, 3.8) is 0 Å². The van der Waals surface area contributed by atoms with E-state index in [1.807, 2.05) is 25.1 Å². The Labute approximate surface area is 244 Å². The largest absolute Gasteiger partial charge is 0.485 e. The lowest BCUT2D eigenvalue weighted by molar-refractivity contribution is -0.149. The average molecular weight is 575 g/mol. The van der Waals surface area contributed by atoms with E-state index in [-0.39, 0.29) is 61.5 Å². The van der Waals surface area contributed by atoms with Crippen molar-refractivity contribution in [1.29, 1.82) is 0 Å². The number of hydrogen-bond acceptors (Lipinski definition) is 8. The molecule has 0 spiro atoms. The molecule has 2 aromatic carbocycles. The maximum atomic E-state index is 13.1. The molecule has 2 amide bonds. The Morgan fingerprint density at radius 3 is 2.71 bits per heavy atom. The molecule has 1 atom stereocenters. The third-order valence-electron chi connectivity index (χ3n) is 7.42. The number of carbonyl (C=O) groups is 4. The Morgan fingerprint density at radius 2 is 1.90 bits per heavy atom. The number of piperidine rings is 1. The van der Waals surface area contributed by atoms with Gasteiger partial charge in [0.15, 0.2) is 24.8 Å². The number of hydrogen-bond donors (Lipinski definition) is 0. The van der Waals surface area contributed by atoms with Gasteiger partial charge in [-0.05, 0) is 74.2 Å². The summed E-state index contributed by atoms with van der Waals surface area (Å²) >= 11 is 0. The number of carbonyl (C=O) groups excluding carboxylic acids is 4. The van der Waals surface area contributed by atoms with Gasteiger partial charge in [0.25, 0.3) is 11.8 Å². The molecule has 0 bridgehead atoms. The first-order chi connectivity index (χ1) is 20.4. The van der Waals surface area contributed by atoms with Gasteiger partial charge in [-0.25, -0.2) is 0 Å². The van der Waals surface area contributed by atoms with Crippen LogP contribution in [0.1, 0.15) is 58.9 Å². The summed E-state index contributed by atoms with van der Waals surface area (Å²) in [7, 11) is 0. The highest BCUT2D eigenvalue weighted by molar-refractivity contribution is 6.02. The van der Waals surface area contributed by atoms with Crippen molar-refractivity contribution in [1.82, 2.24) is 4.90 Å². The Balaban J connectivity index is 1.27. The molecule has 42 heavy (non-hydrogen) atoms. The first-order valence-electron chi connectivity index (χ1n) is 14.2. The summed E-state index contributed by atoms with van der Waals surface area (Å²) in [5, 5.41) is 0. The molecule has 5 rings (SSSR count). The van der Waals surface area contributed by atoms with Gasteiger partial charge in [-0.15, -0.1) is 0 Å². The van der Waals surface area contributed by atoms with Crippen molar-refractivity contribution in [2.75, 3.05) is 37.8 Å². The molecule has 3 heterocycles. The number of anilines is 1. The normalized spacial score (nSPS) is 16.4. The molecule has 1 saturated heterocycles. The zero-order valence-electron chi connectivity index (χ0n) is 23.8. The summed E-state index contributed by atoms with van der Waals surface area (Å²) < 4.78 is 22.3. The number of esters is 1. The predicted octanol–water partition coefficient (Wildman–Crippen LogP) is 4.44. The van der Waals surface area contributed by atoms with E-state index in [0.717, 1.165) is 12.0 Å². The third kappa shape index (κ3) is 6.48. The molecule has 10 nitrogen and oxygen atoms in total. The maximum absolute atomic E-state index is 13.1. The van der Waals surface area contributed by atoms with E-state index < -0.39 is 0 Å². The van der Waals surface area contributed by atoms with Gasteiger partial charge in [-0.1, -0.05) is 19.1 Å². The molecule has 2 aliphatic rings. The van der Waals surface area contributed by atoms with Crippen LogP contribution >= 0.6 is 0 Å². The zero-order chi connectivity index (χ0) is 29.6. The third-order valence-corrected chi connectivity index (χ3v) is 7.42. The van der Waals surface area contributed by atoms with Crippen molar-refractivity contribution in [3.8, 4) is 11.5 Å². The summed E-state index contributed by atoms with van der Waals surface area (Å²) in [4.78, 5) is 54.3. The van der Waals surface area contributed by atoms with Gasteiger partial charge >= 0.3 is 5.97 Å². The topological polar surface area (TPSA) is 116 Å². The smallest absolute Gasteiger partial charge is 0.310 e. The van der Waals surface area contributed by atoms with Crippen LogP contribution in [0, 0.1) is 5.92 Å². The van der Waals surface area contributed by atoms with Crippen molar-refractivity contribution < 1.29 is 37.8 Å². The van der Waals surface area contributed by atoms with Gasteiger partial charge in [-0.2, -0.15) is 0 Å². The van der Waals surface area contributed by atoms with Crippen LogP contribution in [0.15, 0.2) is 59.0 Å². The van der Waals surface area contributed by atoms with E-state index in [2.05, 4.69) is 0 Å². The second-order valence-electron chi connectivity index (χ2n) is 10.3. The molecule has 3 aromatic rings. The van der Waals surface area contributed by atoms with Crippen LogP contribution in [0.4, 0.5) is 5.69 Å². The Kier molecular flexibility index (Phi) is 8.90. The standard InChI is InChI=1S/C32H34N2O8/c1-3-21-7-5-9-24(15-21)40-19-27(35)22-10-12-28-26(16-22)34(30(36)20-41-28)18-25-11-13-29(42-25)31(37)33-14-6-8-23(17-33)32(38)39-4-2/h5,7,9-13,15-16,23H,3-4,6,8,14,17-20H2,1-2H3. The minimum absolute atomic E-state index is 0.0475. The number of rotatable bonds is 10. The van der Waals surface area contributed by atoms with Gasteiger partial charge in [0.2, 0.25) is 0 Å². The number of ether oxygens (including phenoxy) is 3. The number of nitrogens with zero attached hydrogens (tertiary/aromatic N) is 2. The average Bonchev–Trinajstić information content (AvgIpc) is 3.49. The van der Waals surface area contributed by atoms with Crippen LogP contribution in [0.2, 0.25) is 0 Å². The number of fused-ring (bicyclic) bond motifs is 1. The van der Waals surface area contributed by atoms with Gasteiger partial charge in [0.1, 0.15) is 17.3 Å². The van der Waals surface area contributed by atoms with E-state index in [1.54, 1.807) is 48.2 Å². The molecule has 0 saturated carbocycles. The Morgan fingerprint density at radius 1 is 1.05 bits per heavy atom. The number of ketones is 1. The van der Waals surface area contributed by atoms with E-state index in [1.165, 1.54) is 4.90 Å². The van der Waals surface area contributed by atoms with Crippen LogP contribution in [0.3, 0.4) is 0 Å². The van der Waals surface area contributed by atoms with Gasteiger partial charge in [0, 0.05) is 18.7 Å². The fraction of sp³-hybridized carbons (Fsp3) is 0.375. The minimum atomic E-state index is -0.358. The summed E-state index contributed by atoms with van der Waals surface area (Å²) in [5.74, 6) is 0.0785. The second-order valence-corrected chi connectivity index (χ2v) is 10.3. The highest BCUT2D eigenvalue weighted by Gasteiger charge is 2.32. The molecule has 0 radical (unpaired) electrons. The lowest BCUT2D eigenvalue weighted by atomic mass is 9.98. The summed E-state index contributed by atoms with van der Waals surface area (Å²) in [6.45, 7) is 4.62. The monoisotopic (exact) mass is 574 g/mol. The molecule has 1 fully saturated rings. The molecular weight excluding hydrogens is 540 g/mol. The molecule has 2 aliphatic heterocycles. The predicted molar refractivity (Wildman–Crippen MR) is 153 cm³/mol. The van der Waals surface area contributed by atoms with Gasteiger partial charge in [-0.3, -0.25) is 24.1 Å². The number of furan rings is 1. The number of amides is 2. The number of Topliss-reactive ketones (excluding diaryl/α,β-unsaturated/α-hetero) is 1. The van der Waals surface area contributed by atoms with Crippen LogP contribution in [-0.4, -0.2) is 61.4 Å². The molecule has 10 heteroatoms. The molecule has 1 aromatic heterocycles. The SMILES string of the molecule is CCOC(=O)C1CCCN(C(=O)c2ccc(CN3C(=O)COc4ccc(C(=O)COc5cccc(CC)c5)cc43)o2)C1. The van der Waals surface area contributed by atoms with E-state index >= 15 is 0 Å². The summed E-state index contributed by atoms with van der Waals surface area (Å²) in [6, 6.07) is 15.7. The highest BCUT2D eigenvalue weighted by atomic mass is 16.5. The maximum Gasteiger partial charge on any atom is 0.310 e. The summed E-state index contributed by atoms with van der Waals surface area (Å²) in [6.07, 6.45) is 2.23. The first-order valence-corrected chi connectivity index (χ1v) is 14.2. The molecule has 0 aliphatic carbocycles. The van der Waals surface area contributed by atoms with Crippen LogP contribution in [-0.2, 0) is 27.3 Å². The molecule has 1 unspecified atom stereocenters. The second kappa shape index (κ2) is 12.9. The summed E-state index contributed by atoms with van der Waals surface area (Å²) in [5.41, 5.74) is 1.92. The Hall–Kier alpha value is -4.60. The van der Waals surface area contributed by atoms with Gasteiger partial charge < -0.3 is 23.5 Å². The number of likely N-dealkylation sites (tertiary alicyclic amines) is 1. The highest BCUT2D eigenvalue weighted by Crippen LogP contribution is 2.34. The van der Waals surface area contributed by atoms with E-state index in [9.17, 15) is 19.2 Å². The van der Waals surface area contributed by atoms with Crippen molar-refractivity contribution in [3.05, 3.63) is 77.2 Å².